The molecule has 1 amide bonds. The Morgan fingerprint density at radius 3 is 2.62 bits per heavy atom. The highest BCUT2D eigenvalue weighted by Crippen LogP contribution is 2.06. The Morgan fingerprint density at radius 1 is 1.54 bits per heavy atom. The summed E-state index contributed by atoms with van der Waals surface area (Å²) in [6.45, 7) is 12.9. The average molecular weight is 184 g/mol. The number of ether oxygens (including phenoxy) is 1. The molecule has 0 rings (SSSR count). The quantitative estimate of drug-likeness (QED) is 0.537. The molecule has 13 heavy (non-hydrogen) atoms. The molecule has 1 N–H and O–H groups in total. The summed E-state index contributed by atoms with van der Waals surface area (Å²) in [7, 11) is 0. The number of nitrogens with one attached hydrogen (secondary N) is 1. The lowest BCUT2D eigenvalue weighted by Crippen LogP contribution is -2.33. The SMILES string of the molecule is [C-]#[N+]CCCNC(=O)OC(C)(C)C. The van der Waals surface area contributed by atoms with Crippen molar-refractivity contribution in [1.29, 1.82) is 0 Å². The Morgan fingerprint density at radius 2 is 2.15 bits per heavy atom. The van der Waals surface area contributed by atoms with Gasteiger partial charge in [0.1, 0.15) is 5.60 Å². The van der Waals surface area contributed by atoms with Gasteiger partial charge in [0.25, 0.3) is 0 Å². The van der Waals surface area contributed by atoms with Crippen molar-refractivity contribution in [2.75, 3.05) is 13.1 Å². The molecule has 4 heteroatoms. The van der Waals surface area contributed by atoms with Crippen molar-refractivity contribution >= 4 is 6.09 Å². The Labute approximate surface area is 79.1 Å². The molecule has 0 aromatic rings. The van der Waals surface area contributed by atoms with Crippen LogP contribution in [0.25, 0.3) is 4.85 Å². The number of carbonyl (C=O) groups excluding carboxylic acids is 1. The van der Waals surface area contributed by atoms with Crippen molar-refractivity contribution in [3.8, 4) is 0 Å². The predicted octanol–water partition coefficient (Wildman–Crippen LogP) is 1.82. The van der Waals surface area contributed by atoms with Gasteiger partial charge in [0.05, 0.1) is 0 Å². The lowest BCUT2D eigenvalue weighted by Gasteiger charge is -2.19. The molecule has 0 aromatic carbocycles. The summed E-state index contributed by atoms with van der Waals surface area (Å²) in [5, 5.41) is 2.57. The van der Waals surface area contributed by atoms with Crippen LogP contribution in [0.15, 0.2) is 0 Å². The minimum absolute atomic E-state index is 0.419. The normalized spacial score (nSPS) is 10.3. The molecule has 0 aliphatic carbocycles. The fourth-order valence-corrected chi connectivity index (χ4v) is 0.663. The molecule has 0 fully saturated rings. The third-order valence-electron chi connectivity index (χ3n) is 1.11. The van der Waals surface area contributed by atoms with Crippen LogP contribution < -0.4 is 5.32 Å². The van der Waals surface area contributed by atoms with Gasteiger partial charge in [-0.15, -0.1) is 0 Å². The molecule has 74 valence electrons. The van der Waals surface area contributed by atoms with Crippen molar-refractivity contribution in [3.63, 3.8) is 0 Å². The van der Waals surface area contributed by atoms with Gasteiger partial charge < -0.3 is 14.9 Å². The first-order valence-electron chi connectivity index (χ1n) is 4.26. The Bertz CT molecular complexity index is 201. The van der Waals surface area contributed by atoms with Gasteiger partial charge >= 0.3 is 6.09 Å². The molecular formula is C9H16N2O2. The summed E-state index contributed by atoms with van der Waals surface area (Å²) >= 11 is 0. The zero-order valence-corrected chi connectivity index (χ0v) is 8.39. The van der Waals surface area contributed by atoms with Crippen molar-refractivity contribution < 1.29 is 9.53 Å². The van der Waals surface area contributed by atoms with Gasteiger partial charge in [-0.3, -0.25) is 0 Å². The topological polar surface area (TPSA) is 42.7 Å². The summed E-state index contributed by atoms with van der Waals surface area (Å²) in [6, 6.07) is 0. The molecule has 0 aliphatic heterocycles. The molecule has 0 heterocycles. The second-order valence-electron chi connectivity index (χ2n) is 3.66. The molecule has 0 spiro atoms. The fourth-order valence-electron chi connectivity index (χ4n) is 0.663. The van der Waals surface area contributed by atoms with Crippen LogP contribution in [0.4, 0.5) is 4.79 Å². The van der Waals surface area contributed by atoms with Gasteiger partial charge in [0, 0.05) is 13.0 Å². The van der Waals surface area contributed by atoms with Crippen LogP contribution in [0, 0.1) is 6.57 Å². The van der Waals surface area contributed by atoms with Crippen LogP contribution >= 0.6 is 0 Å². The molecule has 0 atom stereocenters. The summed E-state index contributed by atoms with van der Waals surface area (Å²) in [5.74, 6) is 0. The van der Waals surface area contributed by atoms with Gasteiger partial charge in [0.15, 0.2) is 0 Å². The van der Waals surface area contributed by atoms with E-state index in [4.69, 9.17) is 11.3 Å². The van der Waals surface area contributed by atoms with Crippen LogP contribution in [0.1, 0.15) is 27.2 Å². The van der Waals surface area contributed by atoms with Crippen molar-refractivity contribution in [2.24, 2.45) is 0 Å². The molecule has 4 nitrogen and oxygen atoms in total. The lowest BCUT2D eigenvalue weighted by molar-refractivity contribution is 0.0528. The summed E-state index contributed by atoms with van der Waals surface area (Å²) in [4.78, 5) is 14.2. The van der Waals surface area contributed by atoms with Crippen LogP contribution in [-0.4, -0.2) is 24.8 Å². The second kappa shape index (κ2) is 5.41. The molecule has 0 saturated carbocycles. The highest BCUT2D eigenvalue weighted by atomic mass is 16.6. The molecule has 0 radical (unpaired) electrons. The number of rotatable bonds is 3. The first-order chi connectivity index (χ1) is 5.95. The second-order valence-corrected chi connectivity index (χ2v) is 3.66. The van der Waals surface area contributed by atoms with E-state index in [1.807, 2.05) is 20.8 Å². The number of carbonyl (C=O) groups is 1. The monoisotopic (exact) mass is 184 g/mol. The van der Waals surface area contributed by atoms with Crippen molar-refractivity contribution in [1.82, 2.24) is 5.32 Å². The Balaban J connectivity index is 3.48. The molecule has 0 bridgehead atoms. The van der Waals surface area contributed by atoms with Crippen molar-refractivity contribution in [2.45, 2.75) is 32.8 Å². The highest BCUT2D eigenvalue weighted by Gasteiger charge is 2.15. The Hall–Kier alpha value is -1.24. The van der Waals surface area contributed by atoms with Crippen LogP contribution in [0.5, 0.6) is 0 Å². The predicted molar refractivity (Wildman–Crippen MR) is 50.3 cm³/mol. The highest BCUT2D eigenvalue weighted by molar-refractivity contribution is 5.67. The first kappa shape index (κ1) is 11.8. The number of amides is 1. The van der Waals surface area contributed by atoms with E-state index in [1.54, 1.807) is 0 Å². The van der Waals surface area contributed by atoms with Crippen LogP contribution in [0.3, 0.4) is 0 Å². The molecule has 0 aliphatic rings. The van der Waals surface area contributed by atoms with Gasteiger partial charge in [-0.25, -0.2) is 11.4 Å². The zero-order valence-electron chi connectivity index (χ0n) is 8.39. The number of alkyl carbamates (subject to hydrolysis) is 1. The average Bonchev–Trinajstić information content (AvgIpc) is 1.94. The maximum atomic E-state index is 11.0. The lowest BCUT2D eigenvalue weighted by atomic mass is 10.2. The van der Waals surface area contributed by atoms with Crippen molar-refractivity contribution in [3.05, 3.63) is 11.4 Å². The zero-order chi connectivity index (χ0) is 10.3. The van der Waals surface area contributed by atoms with E-state index in [9.17, 15) is 4.79 Å². The van der Waals surface area contributed by atoms with Gasteiger partial charge in [0.2, 0.25) is 6.54 Å². The summed E-state index contributed by atoms with van der Waals surface area (Å²) in [5.41, 5.74) is -0.454. The summed E-state index contributed by atoms with van der Waals surface area (Å²) in [6.07, 6.45) is 0.250. The number of hydrogen-bond acceptors (Lipinski definition) is 2. The van der Waals surface area contributed by atoms with Gasteiger partial charge in [-0.1, -0.05) is 0 Å². The van der Waals surface area contributed by atoms with Crippen LogP contribution in [-0.2, 0) is 4.74 Å². The third-order valence-corrected chi connectivity index (χ3v) is 1.11. The standard InChI is InChI=1S/C9H16N2O2/c1-9(2,3)13-8(12)11-7-5-6-10-4/h5-7H2,1-3H3,(H,11,12). The smallest absolute Gasteiger partial charge is 0.407 e. The van der Waals surface area contributed by atoms with Gasteiger partial charge in [-0.2, -0.15) is 0 Å². The molecule has 0 aromatic heterocycles. The fraction of sp³-hybridized carbons (Fsp3) is 0.778. The largest absolute Gasteiger partial charge is 0.444 e. The van der Waals surface area contributed by atoms with Gasteiger partial charge in [-0.05, 0) is 20.8 Å². The van der Waals surface area contributed by atoms with E-state index in [0.717, 1.165) is 0 Å². The van der Waals surface area contributed by atoms with E-state index in [1.165, 1.54) is 0 Å². The van der Waals surface area contributed by atoms with E-state index in [-0.39, 0.29) is 0 Å². The van der Waals surface area contributed by atoms with E-state index < -0.39 is 11.7 Å². The number of hydrogen-bond donors (Lipinski definition) is 1. The van der Waals surface area contributed by atoms with E-state index >= 15 is 0 Å². The van der Waals surface area contributed by atoms with E-state index in [2.05, 4.69) is 10.2 Å². The van der Waals surface area contributed by atoms with E-state index in [0.29, 0.717) is 19.5 Å². The first-order valence-corrected chi connectivity index (χ1v) is 4.26. The summed E-state index contributed by atoms with van der Waals surface area (Å²) < 4.78 is 4.99. The minimum atomic E-state index is -0.454. The maximum Gasteiger partial charge on any atom is 0.407 e. The molecular weight excluding hydrogens is 168 g/mol. The van der Waals surface area contributed by atoms with Crippen LogP contribution in [0.2, 0.25) is 0 Å². The third kappa shape index (κ3) is 8.67. The molecule has 0 unspecified atom stereocenters. The minimum Gasteiger partial charge on any atom is -0.444 e. The maximum absolute atomic E-state index is 11.0. The number of nitrogens with zero attached hydrogens (tertiary/aromatic N) is 1. The molecule has 0 saturated heterocycles. The Kier molecular flexibility index (Phi) is 4.90.